The number of nitrogens with one attached hydrogen (secondary N) is 1. The van der Waals surface area contributed by atoms with Gasteiger partial charge in [-0.25, -0.2) is 9.78 Å². The number of imidazole rings is 1. The molecule has 0 saturated heterocycles. The van der Waals surface area contributed by atoms with Crippen LogP contribution in [0.4, 0.5) is 5.69 Å². The molecule has 3 aromatic rings. The third kappa shape index (κ3) is 3.39. The number of H-pyrrole nitrogens is 1. The van der Waals surface area contributed by atoms with Gasteiger partial charge in [0.15, 0.2) is 11.2 Å². The lowest BCUT2D eigenvalue weighted by Gasteiger charge is -2.36. The predicted molar refractivity (Wildman–Crippen MR) is 116 cm³/mol. The lowest BCUT2D eigenvalue weighted by Crippen LogP contribution is -2.37. The summed E-state index contributed by atoms with van der Waals surface area (Å²) in [6.45, 7) is 8.13. The molecule has 1 unspecified atom stereocenters. The van der Waals surface area contributed by atoms with Gasteiger partial charge in [0.25, 0.3) is 5.56 Å². The number of aryl methyl sites for hydroxylation is 3. The van der Waals surface area contributed by atoms with Crippen molar-refractivity contribution in [3.05, 3.63) is 56.5 Å². The number of unbranched alkanes of at least 4 members (excludes halogenated alkanes) is 1. The zero-order chi connectivity index (χ0) is 20.5. The van der Waals surface area contributed by atoms with Crippen LogP contribution in [0.25, 0.3) is 11.2 Å². The highest BCUT2D eigenvalue weighted by atomic mass is 16.2. The average molecular weight is 396 g/mol. The molecule has 0 fully saturated rings. The van der Waals surface area contributed by atoms with Gasteiger partial charge in [0.2, 0.25) is 0 Å². The molecule has 0 bridgehead atoms. The standard InChI is InChI=1S/C22H29N5O2/c1-4-6-13-26-20-19(21(28)24-22(26)29)25(5-2)18(23-20)14-27-15(3)11-12-16-9-7-8-10-17(16)27/h7-10,15H,4-6,11-14H2,1-3H3,(H,24,28,29). The number of hydrogen-bond donors (Lipinski definition) is 1. The summed E-state index contributed by atoms with van der Waals surface area (Å²) in [7, 11) is 0. The lowest BCUT2D eigenvalue weighted by molar-refractivity contribution is 0.542. The fourth-order valence-corrected chi connectivity index (χ4v) is 4.36. The molecular weight excluding hydrogens is 366 g/mol. The van der Waals surface area contributed by atoms with Crippen molar-refractivity contribution < 1.29 is 0 Å². The van der Waals surface area contributed by atoms with Crippen molar-refractivity contribution in [3.63, 3.8) is 0 Å². The number of fused-ring (bicyclic) bond motifs is 2. The lowest BCUT2D eigenvalue weighted by atomic mass is 9.96. The van der Waals surface area contributed by atoms with E-state index >= 15 is 0 Å². The third-order valence-corrected chi connectivity index (χ3v) is 5.99. The molecule has 0 spiro atoms. The summed E-state index contributed by atoms with van der Waals surface area (Å²) in [6.07, 6.45) is 4.00. The quantitative estimate of drug-likeness (QED) is 0.696. The van der Waals surface area contributed by atoms with Gasteiger partial charge in [-0.3, -0.25) is 14.3 Å². The third-order valence-electron chi connectivity index (χ3n) is 5.99. The first-order chi connectivity index (χ1) is 14.0. The Bertz CT molecular complexity index is 1140. The maximum atomic E-state index is 12.6. The monoisotopic (exact) mass is 395 g/mol. The molecule has 1 N–H and O–H groups in total. The van der Waals surface area contributed by atoms with Crippen LogP contribution < -0.4 is 16.1 Å². The van der Waals surface area contributed by atoms with Crippen molar-refractivity contribution in [1.29, 1.82) is 0 Å². The van der Waals surface area contributed by atoms with E-state index in [4.69, 9.17) is 4.98 Å². The summed E-state index contributed by atoms with van der Waals surface area (Å²) in [5.74, 6) is 0.826. The largest absolute Gasteiger partial charge is 0.361 e. The number of rotatable bonds is 6. The van der Waals surface area contributed by atoms with Gasteiger partial charge in [-0.05, 0) is 44.7 Å². The number of para-hydroxylation sites is 1. The second-order valence-corrected chi connectivity index (χ2v) is 7.85. The molecule has 1 aliphatic heterocycles. The van der Waals surface area contributed by atoms with Crippen LogP contribution in [0.1, 0.15) is 51.4 Å². The molecule has 29 heavy (non-hydrogen) atoms. The second-order valence-electron chi connectivity index (χ2n) is 7.85. The maximum absolute atomic E-state index is 12.6. The van der Waals surface area contributed by atoms with Gasteiger partial charge in [-0.2, -0.15) is 0 Å². The number of nitrogens with zero attached hydrogens (tertiary/aromatic N) is 4. The van der Waals surface area contributed by atoms with Crippen LogP contribution in [0.3, 0.4) is 0 Å². The number of aromatic nitrogens is 4. The maximum Gasteiger partial charge on any atom is 0.330 e. The average Bonchev–Trinajstić information content (AvgIpc) is 3.08. The second kappa shape index (κ2) is 7.89. The van der Waals surface area contributed by atoms with Gasteiger partial charge in [0.05, 0.1) is 6.54 Å². The molecular formula is C22H29N5O2. The summed E-state index contributed by atoms with van der Waals surface area (Å²) in [4.78, 5) is 34.7. The van der Waals surface area contributed by atoms with E-state index in [0.29, 0.717) is 36.8 Å². The Kier molecular flexibility index (Phi) is 5.30. The van der Waals surface area contributed by atoms with Crippen LogP contribution >= 0.6 is 0 Å². The normalized spacial score (nSPS) is 16.4. The van der Waals surface area contributed by atoms with E-state index in [1.54, 1.807) is 4.57 Å². The summed E-state index contributed by atoms with van der Waals surface area (Å²) in [5.41, 5.74) is 2.85. The van der Waals surface area contributed by atoms with Gasteiger partial charge in [-0.15, -0.1) is 0 Å². The first-order valence-electron chi connectivity index (χ1n) is 10.6. The summed E-state index contributed by atoms with van der Waals surface area (Å²) >= 11 is 0. The Balaban J connectivity index is 1.84. The molecule has 3 heterocycles. The predicted octanol–water partition coefficient (Wildman–Crippen LogP) is 3.05. The molecule has 4 rings (SSSR count). The molecule has 0 saturated carbocycles. The minimum atomic E-state index is -0.375. The Morgan fingerprint density at radius 2 is 1.97 bits per heavy atom. The molecule has 1 aliphatic rings. The number of benzene rings is 1. The Morgan fingerprint density at radius 3 is 2.72 bits per heavy atom. The molecule has 2 aromatic heterocycles. The number of aromatic amines is 1. The molecule has 1 atom stereocenters. The highest BCUT2D eigenvalue weighted by Crippen LogP contribution is 2.32. The van der Waals surface area contributed by atoms with Gasteiger partial charge in [0.1, 0.15) is 5.82 Å². The van der Waals surface area contributed by atoms with Gasteiger partial charge < -0.3 is 9.47 Å². The van der Waals surface area contributed by atoms with Crippen LogP contribution in [0.2, 0.25) is 0 Å². The molecule has 0 radical (unpaired) electrons. The molecule has 7 heteroatoms. The minimum Gasteiger partial charge on any atom is -0.361 e. The van der Waals surface area contributed by atoms with Gasteiger partial charge in [0, 0.05) is 24.8 Å². The van der Waals surface area contributed by atoms with Crippen molar-refractivity contribution in [1.82, 2.24) is 19.1 Å². The Labute approximate surface area is 170 Å². The Morgan fingerprint density at radius 1 is 1.17 bits per heavy atom. The molecule has 0 aliphatic carbocycles. The van der Waals surface area contributed by atoms with Crippen LogP contribution in [-0.2, 0) is 26.1 Å². The molecule has 7 nitrogen and oxygen atoms in total. The first kappa shape index (κ1) is 19.5. The summed E-state index contributed by atoms with van der Waals surface area (Å²) in [6, 6.07) is 8.88. The van der Waals surface area contributed by atoms with E-state index in [-0.39, 0.29) is 11.2 Å². The van der Waals surface area contributed by atoms with Crippen molar-refractivity contribution in [2.75, 3.05) is 4.90 Å². The van der Waals surface area contributed by atoms with E-state index in [1.165, 1.54) is 11.3 Å². The first-order valence-corrected chi connectivity index (χ1v) is 10.6. The number of hydrogen-bond acceptors (Lipinski definition) is 4. The fraction of sp³-hybridized carbons (Fsp3) is 0.500. The Hall–Kier alpha value is -2.83. The zero-order valence-electron chi connectivity index (χ0n) is 17.4. The van der Waals surface area contributed by atoms with E-state index in [2.05, 4.69) is 48.0 Å². The fourth-order valence-electron chi connectivity index (χ4n) is 4.36. The van der Waals surface area contributed by atoms with Crippen LogP contribution in [0.15, 0.2) is 33.9 Å². The van der Waals surface area contributed by atoms with Crippen molar-refractivity contribution in [2.24, 2.45) is 0 Å². The molecule has 154 valence electrons. The SMILES string of the molecule is CCCCn1c(=O)[nH]c(=O)c2c1nc(CN1c3ccccc3CCC1C)n2CC. The molecule has 0 amide bonds. The zero-order valence-corrected chi connectivity index (χ0v) is 17.4. The highest BCUT2D eigenvalue weighted by Gasteiger charge is 2.26. The number of anilines is 1. The van der Waals surface area contributed by atoms with E-state index in [9.17, 15) is 9.59 Å². The topological polar surface area (TPSA) is 75.9 Å². The van der Waals surface area contributed by atoms with Gasteiger partial charge >= 0.3 is 5.69 Å². The summed E-state index contributed by atoms with van der Waals surface area (Å²) in [5, 5.41) is 0. The van der Waals surface area contributed by atoms with E-state index in [0.717, 1.165) is 31.5 Å². The van der Waals surface area contributed by atoms with Crippen molar-refractivity contribution in [3.8, 4) is 0 Å². The van der Waals surface area contributed by atoms with Crippen LogP contribution in [-0.4, -0.2) is 25.1 Å². The van der Waals surface area contributed by atoms with Crippen LogP contribution in [0.5, 0.6) is 0 Å². The van der Waals surface area contributed by atoms with Gasteiger partial charge in [-0.1, -0.05) is 31.5 Å². The smallest absolute Gasteiger partial charge is 0.330 e. The van der Waals surface area contributed by atoms with E-state index in [1.807, 2.05) is 11.5 Å². The highest BCUT2D eigenvalue weighted by molar-refractivity contribution is 5.71. The molecule has 1 aromatic carbocycles. The van der Waals surface area contributed by atoms with Crippen molar-refractivity contribution >= 4 is 16.9 Å². The van der Waals surface area contributed by atoms with Crippen molar-refractivity contribution in [2.45, 2.75) is 72.1 Å². The van der Waals surface area contributed by atoms with Crippen LogP contribution in [0, 0.1) is 0 Å². The minimum absolute atomic E-state index is 0.356. The van der Waals surface area contributed by atoms with E-state index < -0.39 is 0 Å². The summed E-state index contributed by atoms with van der Waals surface area (Å²) < 4.78 is 3.57.